The Morgan fingerprint density at radius 1 is 1.56 bits per heavy atom. The van der Waals surface area contributed by atoms with Gasteiger partial charge in [-0.15, -0.1) is 0 Å². The predicted molar refractivity (Wildman–Crippen MR) is 59.4 cm³/mol. The van der Waals surface area contributed by atoms with Crippen molar-refractivity contribution >= 4 is 10.0 Å². The fourth-order valence-corrected chi connectivity index (χ4v) is 3.00. The Hall–Kier alpha value is -0.920. The zero-order valence-corrected chi connectivity index (χ0v) is 10.5. The first-order valence-corrected chi connectivity index (χ1v) is 6.48. The molecule has 0 unspecified atom stereocenters. The van der Waals surface area contributed by atoms with E-state index in [1.165, 1.54) is 10.5 Å². The van der Waals surface area contributed by atoms with Gasteiger partial charge in [-0.05, 0) is 20.8 Å². The van der Waals surface area contributed by atoms with Gasteiger partial charge in [-0.2, -0.15) is 4.31 Å². The number of aryl methyl sites for hydroxylation is 1. The number of aromatic amines is 1. The van der Waals surface area contributed by atoms with Crippen LogP contribution in [0.5, 0.6) is 0 Å². The number of rotatable bonds is 5. The van der Waals surface area contributed by atoms with E-state index in [2.05, 4.69) is 9.97 Å². The highest BCUT2D eigenvalue weighted by Gasteiger charge is 2.27. The van der Waals surface area contributed by atoms with Crippen LogP contribution in [0.3, 0.4) is 0 Å². The van der Waals surface area contributed by atoms with Gasteiger partial charge in [0.05, 0.1) is 12.8 Å². The van der Waals surface area contributed by atoms with E-state index in [1.807, 2.05) is 0 Å². The minimum atomic E-state index is -3.59. The summed E-state index contributed by atoms with van der Waals surface area (Å²) in [5.41, 5.74) is 0. The van der Waals surface area contributed by atoms with Gasteiger partial charge >= 0.3 is 0 Å². The van der Waals surface area contributed by atoms with Crippen LogP contribution in [0, 0.1) is 6.92 Å². The molecule has 0 amide bonds. The van der Waals surface area contributed by atoms with Crippen molar-refractivity contribution in [3.8, 4) is 0 Å². The van der Waals surface area contributed by atoms with Gasteiger partial charge in [-0.25, -0.2) is 13.4 Å². The Bertz CT molecular complexity index is 439. The van der Waals surface area contributed by atoms with Gasteiger partial charge in [0.25, 0.3) is 10.0 Å². The van der Waals surface area contributed by atoms with E-state index < -0.39 is 10.0 Å². The van der Waals surface area contributed by atoms with E-state index >= 15 is 0 Å². The molecule has 16 heavy (non-hydrogen) atoms. The Morgan fingerprint density at radius 3 is 2.56 bits per heavy atom. The van der Waals surface area contributed by atoms with Crippen molar-refractivity contribution in [1.29, 1.82) is 0 Å². The van der Waals surface area contributed by atoms with Crippen LogP contribution in [0.2, 0.25) is 0 Å². The first-order valence-electron chi connectivity index (χ1n) is 5.04. The summed E-state index contributed by atoms with van der Waals surface area (Å²) in [5.74, 6) is 0.547. The summed E-state index contributed by atoms with van der Waals surface area (Å²) >= 11 is 0. The first-order chi connectivity index (χ1) is 7.39. The van der Waals surface area contributed by atoms with Crippen LogP contribution in [-0.4, -0.2) is 47.0 Å². The lowest BCUT2D eigenvalue weighted by Gasteiger charge is -2.23. The maximum atomic E-state index is 12.1. The van der Waals surface area contributed by atoms with Crippen LogP contribution >= 0.6 is 0 Å². The van der Waals surface area contributed by atoms with Crippen molar-refractivity contribution in [2.75, 3.05) is 13.2 Å². The molecule has 0 fully saturated rings. The number of aliphatic hydroxyl groups excluding tert-OH is 1. The molecule has 0 aliphatic rings. The molecule has 6 nitrogen and oxygen atoms in total. The number of imidazole rings is 1. The van der Waals surface area contributed by atoms with E-state index in [-0.39, 0.29) is 24.2 Å². The number of sulfonamides is 1. The SMILES string of the molecule is Cc1ncc(S(=O)(=O)N(CCO)C(C)C)[nH]1. The number of aromatic nitrogens is 2. The molecule has 0 aliphatic heterocycles. The standard InChI is InChI=1S/C9H17N3O3S/c1-7(2)12(4-5-13)16(14,15)9-6-10-8(3)11-9/h6-7,13H,4-5H2,1-3H3,(H,10,11). The highest BCUT2D eigenvalue weighted by molar-refractivity contribution is 7.89. The van der Waals surface area contributed by atoms with E-state index in [0.29, 0.717) is 5.82 Å². The van der Waals surface area contributed by atoms with Gasteiger partial charge in [0.1, 0.15) is 5.82 Å². The fraction of sp³-hybridized carbons (Fsp3) is 0.667. The van der Waals surface area contributed by atoms with Crippen molar-refractivity contribution < 1.29 is 13.5 Å². The summed E-state index contributed by atoms with van der Waals surface area (Å²) in [6.07, 6.45) is 1.29. The van der Waals surface area contributed by atoms with Gasteiger partial charge in [-0.3, -0.25) is 0 Å². The molecule has 1 heterocycles. The lowest BCUT2D eigenvalue weighted by molar-refractivity contribution is 0.236. The van der Waals surface area contributed by atoms with Crippen LogP contribution in [0.15, 0.2) is 11.2 Å². The molecule has 0 saturated carbocycles. The number of aliphatic hydroxyl groups is 1. The third-order valence-corrected chi connectivity index (χ3v) is 4.15. The maximum Gasteiger partial charge on any atom is 0.260 e. The molecule has 0 spiro atoms. The molecule has 2 N–H and O–H groups in total. The monoisotopic (exact) mass is 247 g/mol. The van der Waals surface area contributed by atoms with Gasteiger partial charge in [0.2, 0.25) is 0 Å². The summed E-state index contributed by atoms with van der Waals surface area (Å²) in [7, 11) is -3.59. The Balaban J connectivity index is 3.08. The fourth-order valence-electron chi connectivity index (χ4n) is 1.41. The average molecular weight is 247 g/mol. The minimum Gasteiger partial charge on any atom is -0.395 e. The number of nitrogens with zero attached hydrogens (tertiary/aromatic N) is 2. The first kappa shape index (κ1) is 13.1. The minimum absolute atomic E-state index is 0.0622. The lowest BCUT2D eigenvalue weighted by Crippen LogP contribution is -2.39. The number of nitrogens with one attached hydrogen (secondary N) is 1. The molecule has 0 aliphatic carbocycles. The van der Waals surface area contributed by atoms with Crippen LogP contribution in [0.1, 0.15) is 19.7 Å². The van der Waals surface area contributed by atoms with Gasteiger partial charge < -0.3 is 10.1 Å². The highest BCUT2D eigenvalue weighted by Crippen LogP contribution is 2.15. The van der Waals surface area contributed by atoms with E-state index in [1.54, 1.807) is 20.8 Å². The molecule has 92 valence electrons. The molecule has 1 rings (SSSR count). The molecule has 0 aromatic carbocycles. The van der Waals surface area contributed by atoms with Crippen molar-refractivity contribution in [1.82, 2.24) is 14.3 Å². The van der Waals surface area contributed by atoms with Crippen LogP contribution in [-0.2, 0) is 10.0 Å². The summed E-state index contributed by atoms with van der Waals surface area (Å²) in [5, 5.41) is 8.93. The maximum absolute atomic E-state index is 12.1. The summed E-state index contributed by atoms with van der Waals surface area (Å²) < 4.78 is 25.5. The third-order valence-electron chi connectivity index (χ3n) is 2.16. The van der Waals surface area contributed by atoms with Crippen molar-refractivity contribution in [3.63, 3.8) is 0 Å². The smallest absolute Gasteiger partial charge is 0.260 e. The molecule has 0 bridgehead atoms. The van der Waals surface area contributed by atoms with Crippen LogP contribution in [0.25, 0.3) is 0 Å². The third kappa shape index (κ3) is 2.60. The van der Waals surface area contributed by atoms with Crippen molar-refractivity contribution in [3.05, 3.63) is 12.0 Å². The second-order valence-corrected chi connectivity index (χ2v) is 5.62. The average Bonchev–Trinajstić information content (AvgIpc) is 2.61. The number of H-pyrrole nitrogens is 1. The summed E-state index contributed by atoms with van der Waals surface area (Å²) in [6, 6.07) is -0.208. The number of hydrogen-bond acceptors (Lipinski definition) is 4. The van der Waals surface area contributed by atoms with E-state index in [0.717, 1.165) is 0 Å². The predicted octanol–water partition coefficient (Wildman–Crippen LogP) is 0.110. The molecule has 1 aromatic rings. The van der Waals surface area contributed by atoms with Crippen LogP contribution in [0.4, 0.5) is 0 Å². The summed E-state index contributed by atoms with van der Waals surface area (Å²) in [6.45, 7) is 5.08. The van der Waals surface area contributed by atoms with Gasteiger partial charge in [0, 0.05) is 12.6 Å². The highest BCUT2D eigenvalue weighted by atomic mass is 32.2. The quantitative estimate of drug-likeness (QED) is 0.773. The zero-order chi connectivity index (χ0) is 12.3. The van der Waals surface area contributed by atoms with Crippen molar-refractivity contribution in [2.24, 2.45) is 0 Å². The largest absolute Gasteiger partial charge is 0.395 e. The Labute approximate surface area is 95.4 Å². The lowest BCUT2D eigenvalue weighted by atomic mass is 10.4. The molecule has 7 heteroatoms. The Morgan fingerprint density at radius 2 is 2.19 bits per heavy atom. The van der Waals surface area contributed by atoms with Gasteiger partial charge in [0.15, 0.2) is 5.03 Å². The molecule has 0 atom stereocenters. The normalized spacial score (nSPS) is 12.6. The molecule has 0 radical (unpaired) electrons. The molecule has 0 saturated heterocycles. The molecule has 1 aromatic heterocycles. The van der Waals surface area contributed by atoms with Crippen LogP contribution < -0.4 is 0 Å². The second kappa shape index (κ2) is 4.94. The molecular weight excluding hydrogens is 230 g/mol. The topological polar surface area (TPSA) is 86.3 Å². The van der Waals surface area contributed by atoms with E-state index in [4.69, 9.17) is 5.11 Å². The van der Waals surface area contributed by atoms with E-state index in [9.17, 15) is 8.42 Å². The van der Waals surface area contributed by atoms with Gasteiger partial charge in [-0.1, -0.05) is 0 Å². The summed E-state index contributed by atoms with van der Waals surface area (Å²) in [4.78, 5) is 6.55. The zero-order valence-electron chi connectivity index (χ0n) is 9.64. The number of hydrogen-bond donors (Lipinski definition) is 2. The van der Waals surface area contributed by atoms with Crippen molar-refractivity contribution in [2.45, 2.75) is 31.8 Å². The molecular formula is C9H17N3O3S. The second-order valence-electron chi connectivity index (χ2n) is 3.77. The Kier molecular flexibility index (Phi) is 4.06.